The molecule has 1 aromatic carbocycles. The summed E-state index contributed by atoms with van der Waals surface area (Å²) in [6.07, 6.45) is 0.311. The highest BCUT2D eigenvalue weighted by atomic mass is 35.5. The van der Waals surface area contributed by atoms with Crippen molar-refractivity contribution in [2.45, 2.75) is 46.4 Å². The monoisotopic (exact) mass is 308 g/mol. The summed E-state index contributed by atoms with van der Waals surface area (Å²) >= 11 is 6.25. The molecule has 1 atom stereocenters. The summed E-state index contributed by atoms with van der Waals surface area (Å²) in [6.45, 7) is 6.85. The van der Waals surface area contributed by atoms with Gasteiger partial charge in [0.1, 0.15) is 12.4 Å². The van der Waals surface area contributed by atoms with E-state index in [0.717, 1.165) is 29.2 Å². The van der Waals surface area contributed by atoms with Crippen LogP contribution in [0.25, 0.3) is 0 Å². The number of rotatable bonds is 6. The van der Waals surface area contributed by atoms with Crippen LogP contribution in [-0.2, 0) is 19.6 Å². The summed E-state index contributed by atoms with van der Waals surface area (Å²) in [7, 11) is 0. The molecule has 1 heterocycles. The molecule has 0 aliphatic carbocycles. The second-order valence-electron chi connectivity index (χ2n) is 5.15. The standard InChI is InChI=1S/C16H21ClN2O2/c1-4-19-15(16(17)12(3)18-19)10-21-14-7-5-13(6-8-14)9-11(2)20/h5-8,11,20H,4,9-10H2,1-3H3. The minimum atomic E-state index is -0.336. The second-order valence-corrected chi connectivity index (χ2v) is 5.53. The zero-order valence-electron chi connectivity index (χ0n) is 12.6. The van der Waals surface area contributed by atoms with Gasteiger partial charge < -0.3 is 9.84 Å². The summed E-state index contributed by atoms with van der Waals surface area (Å²) in [5, 5.41) is 14.4. The molecular formula is C16H21ClN2O2. The third-order valence-corrected chi connectivity index (χ3v) is 3.77. The summed E-state index contributed by atoms with van der Waals surface area (Å²) in [5.41, 5.74) is 2.80. The summed E-state index contributed by atoms with van der Waals surface area (Å²) in [4.78, 5) is 0. The number of ether oxygens (including phenoxy) is 1. The van der Waals surface area contributed by atoms with E-state index in [9.17, 15) is 5.11 Å². The van der Waals surface area contributed by atoms with Crippen LogP contribution in [-0.4, -0.2) is 21.0 Å². The van der Waals surface area contributed by atoms with Crippen molar-refractivity contribution in [3.05, 3.63) is 46.2 Å². The van der Waals surface area contributed by atoms with Crippen LogP contribution < -0.4 is 4.74 Å². The third-order valence-electron chi connectivity index (χ3n) is 3.28. The molecule has 0 bridgehead atoms. The normalized spacial score (nSPS) is 12.4. The number of aliphatic hydroxyl groups is 1. The van der Waals surface area contributed by atoms with E-state index < -0.39 is 0 Å². The maximum Gasteiger partial charge on any atom is 0.131 e. The zero-order valence-corrected chi connectivity index (χ0v) is 13.4. The molecule has 0 saturated heterocycles. The molecule has 0 amide bonds. The number of aryl methyl sites for hydroxylation is 2. The van der Waals surface area contributed by atoms with E-state index in [-0.39, 0.29) is 6.10 Å². The molecule has 2 aromatic rings. The molecule has 114 valence electrons. The lowest BCUT2D eigenvalue weighted by Gasteiger charge is -2.09. The predicted molar refractivity (Wildman–Crippen MR) is 83.8 cm³/mol. The Labute approximate surface area is 130 Å². The van der Waals surface area contributed by atoms with E-state index in [1.807, 2.05) is 42.8 Å². The molecule has 1 unspecified atom stereocenters. The van der Waals surface area contributed by atoms with E-state index in [1.165, 1.54) is 0 Å². The van der Waals surface area contributed by atoms with Gasteiger partial charge in [-0.25, -0.2) is 0 Å². The third kappa shape index (κ3) is 3.99. The lowest BCUT2D eigenvalue weighted by molar-refractivity contribution is 0.195. The Balaban J connectivity index is 2.03. The van der Waals surface area contributed by atoms with Gasteiger partial charge in [-0.05, 0) is 44.9 Å². The second kappa shape index (κ2) is 6.96. The van der Waals surface area contributed by atoms with Crippen molar-refractivity contribution in [3.8, 4) is 5.75 Å². The Morgan fingerprint density at radius 2 is 2.00 bits per heavy atom. The molecular weight excluding hydrogens is 288 g/mol. The van der Waals surface area contributed by atoms with E-state index in [4.69, 9.17) is 16.3 Å². The minimum Gasteiger partial charge on any atom is -0.487 e. The fourth-order valence-electron chi connectivity index (χ4n) is 2.22. The first-order valence-corrected chi connectivity index (χ1v) is 7.50. The van der Waals surface area contributed by atoms with Crippen LogP contribution in [0.4, 0.5) is 0 Å². The maximum atomic E-state index is 9.36. The van der Waals surface area contributed by atoms with E-state index in [1.54, 1.807) is 6.92 Å². The first-order valence-electron chi connectivity index (χ1n) is 7.12. The zero-order chi connectivity index (χ0) is 15.4. The van der Waals surface area contributed by atoms with Crippen LogP contribution in [0.15, 0.2) is 24.3 Å². The molecule has 0 fully saturated rings. The van der Waals surface area contributed by atoms with Crippen LogP contribution in [0.2, 0.25) is 5.02 Å². The predicted octanol–water partition coefficient (Wildman–Crippen LogP) is 3.37. The average Bonchev–Trinajstić information content (AvgIpc) is 2.73. The van der Waals surface area contributed by atoms with Gasteiger partial charge in [0, 0.05) is 6.54 Å². The maximum absolute atomic E-state index is 9.36. The topological polar surface area (TPSA) is 47.3 Å². The molecule has 0 radical (unpaired) electrons. The van der Waals surface area contributed by atoms with Gasteiger partial charge in [-0.15, -0.1) is 0 Å². The molecule has 5 heteroatoms. The minimum absolute atomic E-state index is 0.336. The first-order chi connectivity index (χ1) is 10.0. The number of hydrogen-bond donors (Lipinski definition) is 1. The fourth-order valence-corrected chi connectivity index (χ4v) is 2.41. The Morgan fingerprint density at radius 3 is 2.57 bits per heavy atom. The Morgan fingerprint density at radius 1 is 1.33 bits per heavy atom. The number of hydrogen-bond acceptors (Lipinski definition) is 3. The van der Waals surface area contributed by atoms with Gasteiger partial charge in [0.05, 0.1) is 22.5 Å². The Kier molecular flexibility index (Phi) is 5.26. The fraction of sp³-hybridized carbons (Fsp3) is 0.438. The van der Waals surface area contributed by atoms with Crippen LogP contribution in [0.3, 0.4) is 0 Å². The smallest absolute Gasteiger partial charge is 0.131 e. The van der Waals surface area contributed by atoms with Crippen molar-refractivity contribution in [1.29, 1.82) is 0 Å². The number of aliphatic hydroxyl groups excluding tert-OH is 1. The summed E-state index contributed by atoms with van der Waals surface area (Å²) in [6, 6.07) is 7.74. The molecule has 4 nitrogen and oxygen atoms in total. The molecule has 0 aliphatic heterocycles. The molecule has 2 rings (SSSR count). The summed E-state index contributed by atoms with van der Waals surface area (Å²) in [5.74, 6) is 0.780. The van der Waals surface area contributed by atoms with E-state index in [0.29, 0.717) is 18.1 Å². The van der Waals surface area contributed by atoms with Gasteiger partial charge >= 0.3 is 0 Å². The molecule has 0 saturated carbocycles. The highest BCUT2D eigenvalue weighted by Gasteiger charge is 2.13. The first kappa shape index (κ1) is 15.9. The van der Waals surface area contributed by atoms with E-state index >= 15 is 0 Å². The highest BCUT2D eigenvalue weighted by Crippen LogP contribution is 2.22. The Hall–Kier alpha value is -1.52. The van der Waals surface area contributed by atoms with Crippen molar-refractivity contribution in [1.82, 2.24) is 9.78 Å². The van der Waals surface area contributed by atoms with Crippen LogP contribution in [0.1, 0.15) is 30.8 Å². The van der Waals surface area contributed by atoms with Gasteiger partial charge in [-0.2, -0.15) is 5.10 Å². The molecule has 1 N–H and O–H groups in total. The number of aromatic nitrogens is 2. The quantitative estimate of drug-likeness (QED) is 0.890. The number of nitrogens with zero attached hydrogens (tertiary/aromatic N) is 2. The number of benzene rings is 1. The number of halogens is 1. The van der Waals surface area contributed by atoms with E-state index in [2.05, 4.69) is 5.10 Å². The molecule has 1 aromatic heterocycles. The van der Waals surface area contributed by atoms with Gasteiger partial charge in [0.15, 0.2) is 0 Å². The van der Waals surface area contributed by atoms with Gasteiger partial charge in [-0.1, -0.05) is 23.7 Å². The largest absolute Gasteiger partial charge is 0.487 e. The van der Waals surface area contributed by atoms with Crippen molar-refractivity contribution < 1.29 is 9.84 Å². The highest BCUT2D eigenvalue weighted by molar-refractivity contribution is 6.31. The van der Waals surface area contributed by atoms with Gasteiger partial charge in [0.2, 0.25) is 0 Å². The lowest BCUT2D eigenvalue weighted by atomic mass is 10.1. The SMILES string of the molecule is CCn1nc(C)c(Cl)c1COc1ccc(CC(C)O)cc1. The van der Waals surface area contributed by atoms with Crippen LogP contribution in [0.5, 0.6) is 5.75 Å². The van der Waals surface area contributed by atoms with Crippen molar-refractivity contribution in [2.75, 3.05) is 0 Å². The van der Waals surface area contributed by atoms with Crippen LogP contribution in [0, 0.1) is 6.92 Å². The average molecular weight is 309 g/mol. The molecule has 21 heavy (non-hydrogen) atoms. The molecule has 0 spiro atoms. The Bertz CT molecular complexity index is 591. The van der Waals surface area contributed by atoms with Gasteiger partial charge in [0.25, 0.3) is 0 Å². The molecule has 0 aliphatic rings. The summed E-state index contributed by atoms with van der Waals surface area (Å²) < 4.78 is 7.64. The van der Waals surface area contributed by atoms with Gasteiger partial charge in [-0.3, -0.25) is 4.68 Å². The van der Waals surface area contributed by atoms with Crippen molar-refractivity contribution in [2.24, 2.45) is 0 Å². The van der Waals surface area contributed by atoms with Crippen LogP contribution >= 0.6 is 11.6 Å². The van der Waals surface area contributed by atoms with Crippen molar-refractivity contribution in [3.63, 3.8) is 0 Å². The lowest BCUT2D eigenvalue weighted by Crippen LogP contribution is -2.07. The van der Waals surface area contributed by atoms with Crippen molar-refractivity contribution >= 4 is 11.6 Å².